The van der Waals surface area contributed by atoms with Gasteiger partial charge in [-0.05, 0) is 75.6 Å². The summed E-state index contributed by atoms with van der Waals surface area (Å²) in [6.07, 6.45) is 3.86. The van der Waals surface area contributed by atoms with Gasteiger partial charge in [-0.1, -0.05) is 0 Å². The van der Waals surface area contributed by atoms with Gasteiger partial charge in [-0.3, -0.25) is 9.59 Å². The number of aromatic nitrogens is 2. The molecule has 188 valence electrons. The van der Waals surface area contributed by atoms with Crippen LogP contribution >= 0.6 is 0 Å². The summed E-state index contributed by atoms with van der Waals surface area (Å²) in [4.78, 5) is 28.8. The third-order valence-corrected chi connectivity index (χ3v) is 6.66. The van der Waals surface area contributed by atoms with Crippen molar-refractivity contribution in [2.75, 3.05) is 13.1 Å². The van der Waals surface area contributed by atoms with Crippen molar-refractivity contribution in [2.24, 2.45) is 10.8 Å². The maximum absolute atomic E-state index is 13.6. The van der Waals surface area contributed by atoms with E-state index >= 15 is 0 Å². The number of allylic oxidation sites excluding steroid dienone is 1. The van der Waals surface area contributed by atoms with Gasteiger partial charge in [0.1, 0.15) is 0 Å². The molecule has 0 spiro atoms. The number of hydrogen-bond acceptors (Lipinski definition) is 6. The monoisotopic (exact) mass is 487 g/mol. The predicted octanol–water partition coefficient (Wildman–Crippen LogP) is 3.95. The van der Waals surface area contributed by atoms with Crippen LogP contribution in [0, 0.1) is 26.3 Å². The standard InChI is InChI=1S/C27H33N7O2/c1-14(2)34-13-16(4)25-20(26(35)31-12-21-15(3)6-17(5)32-27(21)36)7-18(8-24(25)34)22-9-23(33-29)19(10-28)11-30-22/h6-9,13-14,29-30H,10-12,28H2,1-5H3,(H,31,35)(H,32,36). The van der Waals surface area contributed by atoms with Crippen molar-refractivity contribution < 1.29 is 4.79 Å². The minimum absolute atomic E-state index is 0.126. The second-order valence-corrected chi connectivity index (χ2v) is 9.57. The van der Waals surface area contributed by atoms with Gasteiger partial charge in [-0.25, -0.2) is 5.53 Å². The van der Waals surface area contributed by atoms with Crippen LogP contribution in [0.2, 0.25) is 0 Å². The summed E-state index contributed by atoms with van der Waals surface area (Å²) in [5.41, 5.74) is 20.8. The summed E-state index contributed by atoms with van der Waals surface area (Å²) in [6.45, 7) is 10.8. The molecule has 0 unspecified atom stereocenters. The van der Waals surface area contributed by atoms with Crippen LogP contribution in [0.15, 0.2) is 51.7 Å². The summed E-state index contributed by atoms with van der Waals surface area (Å²) in [6, 6.07) is 6.00. The Balaban J connectivity index is 1.81. The number of nitrogens with one attached hydrogen (secondary N) is 4. The molecule has 9 heteroatoms. The van der Waals surface area contributed by atoms with Crippen molar-refractivity contribution in [3.8, 4) is 0 Å². The quantitative estimate of drug-likeness (QED) is 0.322. The van der Waals surface area contributed by atoms with Gasteiger partial charge in [0.2, 0.25) is 0 Å². The molecule has 36 heavy (non-hydrogen) atoms. The highest BCUT2D eigenvalue weighted by atomic mass is 16.1. The lowest BCUT2D eigenvalue weighted by Crippen LogP contribution is -2.28. The lowest BCUT2D eigenvalue weighted by Gasteiger charge is -2.20. The maximum Gasteiger partial charge on any atom is 0.253 e. The number of nitrogens with zero attached hydrogens (tertiary/aromatic N) is 2. The highest BCUT2D eigenvalue weighted by Crippen LogP contribution is 2.32. The number of rotatable bonds is 7. The summed E-state index contributed by atoms with van der Waals surface area (Å²) >= 11 is 0. The number of amides is 1. The van der Waals surface area contributed by atoms with Crippen molar-refractivity contribution in [3.63, 3.8) is 0 Å². The SMILES string of the molecule is Cc1cc(C)c(CNC(=O)c2cc(C3=CC(N=N)=C(CN)CN3)cc3c2c(C)cn3C(C)C)c(=O)[nH]1. The first-order chi connectivity index (χ1) is 17.1. The normalized spacial score (nSPS) is 13.7. The molecule has 1 aromatic carbocycles. The van der Waals surface area contributed by atoms with E-state index in [-0.39, 0.29) is 24.1 Å². The minimum Gasteiger partial charge on any atom is -0.381 e. The van der Waals surface area contributed by atoms with Gasteiger partial charge < -0.3 is 25.9 Å². The van der Waals surface area contributed by atoms with Crippen molar-refractivity contribution in [2.45, 2.75) is 47.2 Å². The third-order valence-electron chi connectivity index (χ3n) is 6.66. The number of dihydropyridines is 1. The fraction of sp³-hybridized carbons (Fsp3) is 0.333. The highest BCUT2D eigenvalue weighted by molar-refractivity contribution is 6.09. The first-order valence-corrected chi connectivity index (χ1v) is 12.0. The second kappa shape index (κ2) is 9.94. The Morgan fingerprint density at radius 1 is 1.22 bits per heavy atom. The summed E-state index contributed by atoms with van der Waals surface area (Å²) in [5.74, 6) is -0.258. The average Bonchev–Trinajstić information content (AvgIpc) is 3.18. The molecule has 3 heterocycles. The Kier molecular flexibility index (Phi) is 6.94. The van der Waals surface area contributed by atoms with Crippen molar-refractivity contribution in [1.82, 2.24) is 20.2 Å². The van der Waals surface area contributed by atoms with E-state index in [0.29, 0.717) is 29.9 Å². The number of carbonyl (C=O) groups is 1. The van der Waals surface area contributed by atoms with Gasteiger partial charge in [0.05, 0.1) is 5.70 Å². The van der Waals surface area contributed by atoms with Crippen LogP contribution in [0.3, 0.4) is 0 Å². The molecule has 2 aromatic heterocycles. The van der Waals surface area contributed by atoms with E-state index in [0.717, 1.165) is 44.6 Å². The maximum atomic E-state index is 13.6. The zero-order valence-electron chi connectivity index (χ0n) is 21.4. The lowest BCUT2D eigenvalue weighted by atomic mass is 9.98. The van der Waals surface area contributed by atoms with Gasteiger partial charge in [-0.15, -0.1) is 0 Å². The van der Waals surface area contributed by atoms with Crippen LogP contribution in [-0.4, -0.2) is 28.5 Å². The predicted molar refractivity (Wildman–Crippen MR) is 142 cm³/mol. The molecule has 0 bridgehead atoms. The van der Waals surface area contributed by atoms with Crippen LogP contribution < -0.4 is 21.9 Å². The van der Waals surface area contributed by atoms with Crippen LogP contribution in [0.1, 0.15) is 58.2 Å². The number of pyridine rings is 1. The topological polar surface area (TPSA) is 141 Å². The Morgan fingerprint density at radius 2 is 1.97 bits per heavy atom. The molecule has 0 aliphatic carbocycles. The first kappa shape index (κ1) is 25.1. The number of aromatic amines is 1. The van der Waals surface area contributed by atoms with Crippen LogP contribution in [-0.2, 0) is 6.54 Å². The van der Waals surface area contributed by atoms with Crippen molar-refractivity contribution in [1.29, 1.82) is 5.53 Å². The first-order valence-electron chi connectivity index (χ1n) is 12.0. The Morgan fingerprint density at radius 3 is 2.61 bits per heavy atom. The fourth-order valence-corrected chi connectivity index (χ4v) is 4.77. The molecule has 1 aliphatic rings. The van der Waals surface area contributed by atoms with Gasteiger partial charge in [0.25, 0.3) is 11.5 Å². The Labute approximate surface area is 210 Å². The molecule has 0 fully saturated rings. The van der Waals surface area contributed by atoms with Crippen LogP contribution in [0.25, 0.3) is 16.6 Å². The molecule has 0 saturated heterocycles. The number of fused-ring (bicyclic) bond motifs is 1. The molecule has 4 rings (SSSR count). The van der Waals surface area contributed by atoms with Gasteiger partial charge in [0.15, 0.2) is 0 Å². The number of aryl methyl sites for hydroxylation is 3. The molecule has 3 aromatic rings. The van der Waals surface area contributed by atoms with Gasteiger partial charge >= 0.3 is 0 Å². The number of benzene rings is 1. The molecular weight excluding hydrogens is 454 g/mol. The van der Waals surface area contributed by atoms with E-state index in [4.69, 9.17) is 11.3 Å². The van der Waals surface area contributed by atoms with E-state index in [1.165, 1.54) is 0 Å². The van der Waals surface area contributed by atoms with Gasteiger partial charge in [-0.2, -0.15) is 5.11 Å². The molecule has 0 atom stereocenters. The summed E-state index contributed by atoms with van der Waals surface area (Å²) in [7, 11) is 0. The molecule has 9 nitrogen and oxygen atoms in total. The highest BCUT2D eigenvalue weighted by Gasteiger charge is 2.21. The molecule has 1 aliphatic heterocycles. The minimum atomic E-state index is -0.258. The molecule has 6 N–H and O–H groups in total. The zero-order chi connectivity index (χ0) is 26.1. The number of carbonyl (C=O) groups excluding carboxylic acids is 1. The number of H-pyrrole nitrogens is 1. The summed E-state index contributed by atoms with van der Waals surface area (Å²) < 4.78 is 2.15. The smallest absolute Gasteiger partial charge is 0.253 e. The number of hydrogen-bond donors (Lipinski definition) is 5. The van der Waals surface area contributed by atoms with Crippen LogP contribution in [0.5, 0.6) is 0 Å². The average molecular weight is 488 g/mol. The molecule has 0 saturated carbocycles. The van der Waals surface area contributed by atoms with Crippen molar-refractivity contribution in [3.05, 3.63) is 85.6 Å². The Bertz CT molecular complexity index is 1490. The number of nitrogens with two attached hydrogens (primary N) is 1. The largest absolute Gasteiger partial charge is 0.381 e. The van der Waals surface area contributed by atoms with E-state index < -0.39 is 0 Å². The zero-order valence-corrected chi connectivity index (χ0v) is 21.4. The van der Waals surface area contributed by atoms with Crippen LogP contribution in [0.4, 0.5) is 0 Å². The Hall–Kier alpha value is -3.98. The van der Waals surface area contributed by atoms with E-state index in [2.05, 4.69) is 51.4 Å². The third kappa shape index (κ3) is 4.61. The summed E-state index contributed by atoms with van der Waals surface area (Å²) in [5, 5.41) is 10.8. The van der Waals surface area contributed by atoms with E-state index in [1.807, 2.05) is 32.9 Å². The molecule has 1 amide bonds. The molecular formula is C27H33N7O2. The second-order valence-electron chi connectivity index (χ2n) is 9.57. The van der Waals surface area contributed by atoms with Gasteiger partial charge in [0, 0.05) is 70.9 Å². The fourth-order valence-electron chi connectivity index (χ4n) is 4.77. The van der Waals surface area contributed by atoms with E-state index in [9.17, 15) is 9.59 Å². The lowest BCUT2D eigenvalue weighted by molar-refractivity contribution is 0.0952. The van der Waals surface area contributed by atoms with Crippen molar-refractivity contribution >= 4 is 22.5 Å². The van der Waals surface area contributed by atoms with E-state index in [1.54, 1.807) is 6.08 Å². The molecule has 0 radical (unpaired) electrons.